The van der Waals surface area contributed by atoms with Crippen molar-refractivity contribution in [3.05, 3.63) is 28.8 Å². The summed E-state index contributed by atoms with van der Waals surface area (Å²) < 4.78 is 38.3. The number of halogens is 4. The van der Waals surface area contributed by atoms with E-state index in [1.807, 2.05) is 6.07 Å². The molecule has 114 valence electrons. The monoisotopic (exact) mass is 318 g/mol. The minimum absolute atomic E-state index is 0.143. The number of aliphatic hydroxyl groups excluding tert-OH is 1. The van der Waals surface area contributed by atoms with E-state index in [4.69, 9.17) is 16.9 Å². The van der Waals surface area contributed by atoms with Crippen molar-refractivity contribution in [1.29, 1.82) is 5.26 Å². The Bertz CT molecular complexity index is 570. The molecule has 0 aliphatic carbocycles. The highest BCUT2D eigenvalue weighted by atomic mass is 35.5. The van der Waals surface area contributed by atoms with Crippen molar-refractivity contribution in [2.45, 2.75) is 44.1 Å². The number of benzene rings is 1. The van der Waals surface area contributed by atoms with Crippen molar-refractivity contribution in [2.24, 2.45) is 0 Å². The van der Waals surface area contributed by atoms with Crippen molar-refractivity contribution in [2.75, 3.05) is 4.90 Å². The minimum atomic E-state index is -4.66. The molecule has 3 atom stereocenters. The lowest BCUT2D eigenvalue weighted by Crippen LogP contribution is -2.48. The normalized spacial score (nSPS) is 24.0. The van der Waals surface area contributed by atoms with Gasteiger partial charge in [-0.3, -0.25) is 0 Å². The van der Waals surface area contributed by atoms with Crippen molar-refractivity contribution in [3.63, 3.8) is 0 Å². The van der Waals surface area contributed by atoms with Crippen LogP contribution in [0.1, 0.15) is 25.3 Å². The molecule has 1 saturated heterocycles. The summed E-state index contributed by atoms with van der Waals surface area (Å²) in [6.07, 6.45) is -6.27. The number of anilines is 1. The van der Waals surface area contributed by atoms with Gasteiger partial charge in [-0.25, -0.2) is 0 Å². The van der Waals surface area contributed by atoms with Crippen LogP contribution in [-0.2, 0) is 0 Å². The molecule has 0 unspecified atom stereocenters. The van der Waals surface area contributed by atoms with Gasteiger partial charge in [-0.15, -0.1) is 0 Å². The molecule has 1 N–H and O–H groups in total. The van der Waals surface area contributed by atoms with Crippen molar-refractivity contribution >= 4 is 17.3 Å². The molecule has 0 saturated carbocycles. The first kappa shape index (κ1) is 15.9. The van der Waals surface area contributed by atoms with E-state index >= 15 is 0 Å². The molecule has 1 aliphatic rings. The molecule has 0 aromatic heterocycles. The topological polar surface area (TPSA) is 47.3 Å². The number of aliphatic hydroxyl groups is 1. The van der Waals surface area contributed by atoms with E-state index < -0.39 is 18.3 Å². The van der Waals surface area contributed by atoms with Gasteiger partial charge in [0.25, 0.3) is 0 Å². The second-order valence-electron chi connectivity index (χ2n) is 5.16. The molecule has 21 heavy (non-hydrogen) atoms. The quantitative estimate of drug-likeness (QED) is 0.908. The van der Waals surface area contributed by atoms with E-state index in [9.17, 15) is 18.3 Å². The summed E-state index contributed by atoms with van der Waals surface area (Å²) in [5.41, 5.74) is 0.748. The Morgan fingerprint density at radius 2 is 2.10 bits per heavy atom. The molecule has 1 aliphatic heterocycles. The van der Waals surface area contributed by atoms with Crippen LogP contribution in [0.4, 0.5) is 18.9 Å². The molecule has 0 radical (unpaired) electrons. The molecule has 1 aromatic carbocycles. The number of hydrogen-bond acceptors (Lipinski definition) is 3. The van der Waals surface area contributed by atoms with E-state index in [-0.39, 0.29) is 23.0 Å². The summed E-state index contributed by atoms with van der Waals surface area (Å²) in [6, 6.07) is 5.22. The molecule has 0 amide bonds. The zero-order valence-corrected chi connectivity index (χ0v) is 12.0. The fraction of sp³-hybridized carbons (Fsp3) is 0.500. The Morgan fingerprint density at radius 1 is 1.43 bits per heavy atom. The fourth-order valence-electron chi connectivity index (χ4n) is 2.75. The van der Waals surface area contributed by atoms with Gasteiger partial charge in [-0.1, -0.05) is 11.6 Å². The molecule has 7 heteroatoms. The van der Waals surface area contributed by atoms with Gasteiger partial charge in [0.05, 0.1) is 16.6 Å². The average molecular weight is 319 g/mol. The van der Waals surface area contributed by atoms with Crippen LogP contribution in [0, 0.1) is 11.3 Å². The molecule has 2 rings (SSSR count). The van der Waals surface area contributed by atoms with Crippen LogP contribution in [-0.4, -0.2) is 29.5 Å². The van der Waals surface area contributed by atoms with Crippen LogP contribution >= 0.6 is 11.6 Å². The first-order valence-electron chi connectivity index (χ1n) is 6.48. The Morgan fingerprint density at radius 3 is 2.62 bits per heavy atom. The maximum absolute atomic E-state index is 12.8. The van der Waals surface area contributed by atoms with Crippen LogP contribution in [0.15, 0.2) is 18.2 Å². The van der Waals surface area contributed by atoms with Crippen LogP contribution < -0.4 is 4.90 Å². The number of hydrogen-bond donors (Lipinski definition) is 1. The van der Waals surface area contributed by atoms with Crippen molar-refractivity contribution in [1.82, 2.24) is 0 Å². The second kappa shape index (κ2) is 5.74. The van der Waals surface area contributed by atoms with E-state index in [1.54, 1.807) is 13.0 Å². The predicted octanol–water partition coefficient (Wildman–Crippen LogP) is 3.49. The molecular formula is C14H14ClF3N2O. The van der Waals surface area contributed by atoms with Gasteiger partial charge in [-0.2, -0.15) is 18.4 Å². The summed E-state index contributed by atoms with van der Waals surface area (Å²) in [4.78, 5) is 1.53. The molecule has 1 fully saturated rings. The number of nitriles is 1. The summed E-state index contributed by atoms with van der Waals surface area (Å²) in [5.74, 6) is 0. The Hall–Kier alpha value is -1.45. The molecule has 0 spiro atoms. The minimum Gasteiger partial charge on any atom is -0.382 e. The molecule has 1 heterocycles. The van der Waals surface area contributed by atoms with E-state index in [0.717, 1.165) is 0 Å². The van der Waals surface area contributed by atoms with E-state index in [0.29, 0.717) is 12.1 Å². The van der Waals surface area contributed by atoms with Crippen molar-refractivity contribution in [3.8, 4) is 6.07 Å². The maximum Gasteiger partial charge on any atom is 0.416 e. The van der Waals surface area contributed by atoms with Gasteiger partial charge in [0.15, 0.2) is 6.10 Å². The van der Waals surface area contributed by atoms with Gasteiger partial charge in [0, 0.05) is 11.7 Å². The molecule has 3 nitrogen and oxygen atoms in total. The first-order chi connectivity index (χ1) is 9.75. The lowest BCUT2D eigenvalue weighted by molar-refractivity contribution is -0.209. The third-order valence-electron chi connectivity index (χ3n) is 3.78. The van der Waals surface area contributed by atoms with Gasteiger partial charge < -0.3 is 10.0 Å². The smallest absolute Gasteiger partial charge is 0.382 e. The summed E-state index contributed by atoms with van der Waals surface area (Å²) in [5, 5.41) is 18.6. The van der Waals surface area contributed by atoms with Gasteiger partial charge >= 0.3 is 6.18 Å². The van der Waals surface area contributed by atoms with Crippen molar-refractivity contribution < 1.29 is 18.3 Å². The third kappa shape index (κ3) is 3.09. The SMILES string of the molecule is C[C@@H]1CC[C@H]([C@@H](O)C(F)(F)F)N1c1ccc(C#N)c(Cl)c1. The lowest BCUT2D eigenvalue weighted by atomic mass is 10.1. The number of rotatable bonds is 2. The summed E-state index contributed by atoms with van der Waals surface area (Å²) in [6.45, 7) is 1.80. The highest BCUT2D eigenvalue weighted by molar-refractivity contribution is 6.32. The average Bonchev–Trinajstić information content (AvgIpc) is 2.78. The molecule has 1 aromatic rings. The predicted molar refractivity (Wildman–Crippen MR) is 73.2 cm³/mol. The zero-order chi connectivity index (χ0) is 15.8. The van der Waals surface area contributed by atoms with Crippen LogP contribution in [0.25, 0.3) is 0 Å². The summed E-state index contributed by atoms with van der Waals surface area (Å²) in [7, 11) is 0. The Kier molecular flexibility index (Phi) is 4.35. The van der Waals surface area contributed by atoms with E-state index in [1.165, 1.54) is 17.0 Å². The van der Waals surface area contributed by atoms with E-state index in [2.05, 4.69) is 0 Å². The lowest BCUT2D eigenvalue weighted by Gasteiger charge is -2.34. The number of nitrogens with zero attached hydrogens (tertiary/aromatic N) is 2. The zero-order valence-electron chi connectivity index (χ0n) is 11.2. The second-order valence-corrected chi connectivity index (χ2v) is 5.57. The highest BCUT2D eigenvalue weighted by Gasteiger charge is 2.48. The van der Waals surface area contributed by atoms with Crippen LogP contribution in [0.3, 0.4) is 0 Å². The first-order valence-corrected chi connectivity index (χ1v) is 6.86. The van der Waals surface area contributed by atoms with Crippen LogP contribution in [0.2, 0.25) is 5.02 Å². The largest absolute Gasteiger partial charge is 0.416 e. The van der Waals surface area contributed by atoms with Crippen LogP contribution in [0.5, 0.6) is 0 Å². The fourth-order valence-corrected chi connectivity index (χ4v) is 2.96. The summed E-state index contributed by atoms with van der Waals surface area (Å²) >= 11 is 5.94. The Balaban J connectivity index is 2.35. The molecular weight excluding hydrogens is 305 g/mol. The standard InChI is InChI=1S/C14H14ClF3N2O/c1-8-2-5-12(13(21)14(16,17)18)20(8)10-4-3-9(7-19)11(15)6-10/h3-4,6,8,12-13,21H,2,5H2,1H3/t8-,12-,13-/m1/s1. The van der Waals surface area contributed by atoms with Gasteiger partial charge in [-0.05, 0) is 38.0 Å². The molecule has 0 bridgehead atoms. The van der Waals surface area contributed by atoms with Gasteiger partial charge in [0.1, 0.15) is 6.07 Å². The highest BCUT2D eigenvalue weighted by Crippen LogP contribution is 2.37. The maximum atomic E-state index is 12.8. The Labute approximate surface area is 125 Å². The number of alkyl halides is 3. The third-order valence-corrected chi connectivity index (χ3v) is 4.10. The van der Waals surface area contributed by atoms with Gasteiger partial charge in [0.2, 0.25) is 0 Å².